The fourth-order valence-electron chi connectivity index (χ4n) is 2.82. The molecule has 2 N–H and O–H groups in total. The molecule has 11 nitrogen and oxygen atoms in total. The number of carbonyl (C=O) groups is 2. The summed E-state index contributed by atoms with van der Waals surface area (Å²) >= 11 is 0. The third-order valence-electron chi connectivity index (χ3n) is 4.49. The lowest BCUT2D eigenvalue weighted by atomic mass is 10.2. The fraction of sp³-hybridized carbons (Fsp3) is 0.550. The van der Waals surface area contributed by atoms with Crippen LogP contribution in [0.25, 0.3) is 0 Å². The lowest BCUT2D eigenvalue weighted by molar-refractivity contribution is -0.127. The van der Waals surface area contributed by atoms with E-state index in [0.29, 0.717) is 32.5 Å². The highest BCUT2D eigenvalue weighted by Crippen LogP contribution is 2.35. The summed E-state index contributed by atoms with van der Waals surface area (Å²) in [6, 6.07) is 3.72. The van der Waals surface area contributed by atoms with Crippen molar-refractivity contribution in [3.05, 3.63) is 42.4 Å². The number of aromatic nitrogens is 1. The highest BCUT2D eigenvalue weighted by Gasteiger charge is 2.29. The van der Waals surface area contributed by atoms with E-state index < -0.39 is 14.8 Å². The van der Waals surface area contributed by atoms with Gasteiger partial charge < -0.3 is 33.5 Å². The number of rotatable bonds is 15. The van der Waals surface area contributed by atoms with Crippen LogP contribution in [0.3, 0.4) is 0 Å². The first-order valence-electron chi connectivity index (χ1n) is 10.1. The van der Waals surface area contributed by atoms with Crippen molar-refractivity contribution in [2.75, 3.05) is 34.0 Å². The number of carbonyl (C=O) groups excluding carboxylic acids is 2. The molecule has 1 fully saturated rings. The monoisotopic (exact) mass is 471 g/mol. The molecule has 0 aliphatic carbocycles. The Morgan fingerprint density at radius 2 is 2.28 bits per heavy atom. The van der Waals surface area contributed by atoms with E-state index in [1.807, 2.05) is 12.1 Å². The molecule has 0 bridgehead atoms. The zero-order valence-electron chi connectivity index (χ0n) is 18.2. The fourth-order valence-corrected chi connectivity index (χ4v) is 3.49. The van der Waals surface area contributed by atoms with Gasteiger partial charge in [0.2, 0.25) is 12.3 Å². The average molecular weight is 471 g/mol. The second-order valence-electron chi connectivity index (χ2n) is 6.85. The summed E-state index contributed by atoms with van der Waals surface area (Å²) in [5.41, 5.74) is 0.915. The van der Waals surface area contributed by atoms with Gasteiger partial charge in [0, 0.05) is 38.8 Å². The van der Waals surface area contributed by atoms with Crippen molar-refractivity contribution in [1.82, 2.24) is 15.2 Å². The van der Waals surface area contributed by atoms with E-state index in [0.717, 1.165) is 5.56 Å². The lowest BCUT2D eigenvalue weighted by Crippen LogP contribution is -2.31. The molecule has 0 aromatic carbocycles. The third kappa shape index (κ3) is 9.66. The summed E-state index contributed by atoms with van der Waals surface area (Å²) in [6.07, 6.45) is 6.61. The number of hydrogen-bond acceptors (Lipinski definition) is 9. The molecule has 4 atom stereocenters. The smallest absolute Gasteiger partial charge is 0.330 e. The Kier molecular flexibility index (Phi) is 12.3. The Morgan fingerprint density at radius 3 is 2.97 bits per heavy atom. The molecule has 1 aliphatic heterocycles. The van der Waals surface area contributed by atoms with E-state index >= 15 is 0 Å². The van der Waals surface area contributed by atoms with Crippen LogP contribution in [0.5, 0.6) is 0 Å². The lowest BCUT2D eigenvalue weighted by Gasteiger charge is -2.22. The Labute approximate surface area is 188 Å². The summed E-state index contributed by atoms with van der Waals surface area (Å²) in [5.74, 6) is -0.325. The van der Waals surface area contributed by atoms with Gasteiger partial charge >= 0.3 is 8.60 Å². The van der Waals surface area contributed by atoms with Crippen LogP contribution in [0.1, 0.15) is 18.4 Å². The Balaban J connectivity index is 1.69. The minimum absolute atomic E-state index is 0.0909. The number of pyridine rings is 1. The summed E-state index contributed by atoms with van der Waals surface area (Å²) in [5, 5.41) is 2.43. The van der Waals surface area contributed by atoms with Crippen LogP contribution >= 0.6 is 8.60 Å². The number of nitrogens with one attached hydrogen (secondary N) is 1. The predicted molar refractivity (Wildman–Crippen MR) is 115 cm³/mol. The maximum absolute atomic E-state index is 11.3. The first-order valence-corrected chi connectivity index (χ1v) is 11.2. The van der Waals surface area contributed by atoms with Crippen molar-refractivity contribution in [1.29, 1.82) is 0 Å². The second kappa shape index (κ2) is 15.0. The molecule has 32 heavy (non-hydrogen) atoms. The minimum atomic E-state index is -2.13. The molecular weight excluding hydrogens is 441 g/mol. The number of ether oxygens (including phenoxy) is 3. The van der Waals surface area contributed by atoms with Gasteiger partial charge in [0.05, 0.1) is 32.5 Å². The molecule has 0 spiro atoms. The Hall–Kier alpha value is -1.98. The topological polar surface area (TPSA) is 129 Å². The number of nitrogens with zero attached hydrogens (tertiary/aromatic N) is 2. The van der Waals surface area contributed by atoms with Crippen molar-refractivity contribution in [2.45, 2.75) is 37.9 Å². The zero-order chi connectivity index (χ0) is 23.2. The molecule has 0 radical (unpaired) electrons. The van der Waals surface area contributed by atoms with E-state index in [-0.39, 0.29) is 31.3 Å². The van der Waals surface area contributed by atoms with E-state index in [2.05, 4.69) is 10.3 Å². The molecule has 178 valence electrons. The molecule has 2 amide bonds. The van der Waals surface area contributed by atoms with E-state index in [9.17, 15) is 14.5 Å². The Morgan fingerprint density at radius 1 is 1.44 bits per heavy atom. The van der Waals surface area contributed by atoms with Crippen molar-refractivity contribution in [2.24, 2.45) is 0 Å². The molecular formula is C20H30N3O8P. The number of likely N-dealkylation sites (N-methyl/N-ethyl adjacent to an activating group) is 1. The first kappa shape index (κ1) is 26.3. The maximum atomic E-state index is 11.3. The number of methoxy groups -OCH3 is 1. The van der Waals surface area contributed by atoms with Gasteiger partial charge in [-0.3, -0.25) is 19.5 Å². The molecule has 4 unspecified atom stereocenters. The van der Waals surface area contributed by atoms with Gasteiger partial charge in [-0.15, -0.1) is 0 Å². The van der Waals surface area contributed by atoms with E-state index in [4.69, 9.17) is 23.3 Å². The van der Waals surface area contributed by atoms with Crippen LogP contribution in [-0.2, 0) is 39.5 Å². The highest BCUT2D eigenvalue weighted by molar-refractivity contribution is 7.40. The first-order chi connectivity index (χ1) is 15.5. The molecule has 12 heteroatoms. The highest BCUT2D eigenvalue weighted by atomic mass is 31.2. The number of amides is 2. The van der Waals surface area contributed by atoms with Gasteiger partial charge in [-0.25, -0.2) is 0 Å². The van der Waals surface area contributed by atoms with Crippen LogP contribution in [0.15, 0.2) is 36.8 Å². The Bertz CT molecular complexity index is 711. The van der Waals surface area contributed by atoms with Gasteiger partial charge in [0.15, 0.2) is 0 Å². The second-order valence-corrected chi connectivity index (χ2v) is 7.84. The van der Waals surface area contributed by atoms with Crippen LogP contribution < -0.4 is 5.32 Å². The molecule has 1 aromatic rings. The van der Waals surface area contributed by atoms with Crippen molar-refractivity contribution in [3.63, 3.8) is 0 Å². The third-order valence-corrected chi connectivity index (χ3v) is 5.23. The number of hydrogen-bond donors (Lipinski definition) is 2. The van der Waals surface area contributed by atoms with Crippen LogP contribution in [-0.4, -0.2) is 79.5 Å². The van der Waals surface area contributed by atoms with Crippen LogP contribution in [0, 0.1) is 0 Å². The average Bonchev–Trinajstić information content (AvgIpc) is 3.29. The van der Waals surface area contributed by atoms with Gasteiger partial charge in [-0.05, 0) is 24.5 Å². The predicted octanol–water partition coefficient (Wildman–Crippen LogP) is 1.09. The molecule has 2 rings (SSSR count). The van der Waals surface area contributed by atoms with Gasteiger partial charge in [-0.2, -0.15) is 0 Å². The normalized spacial score (nSPS) is 20.2. The van der Waals surface area contributed by atoms with E-state index in [1.54, 1.807) is 19.5 Å². The minimum Gasteiger partial charge on any atom is -0.382 e. The molecule has 1 saturated heterocycles. The quantitative estimate of drug-likeness (QED) is 0.219. The van der Waals surface area contributed by atoms with Crippen molar-refractivity contribution >= 4 is 20.9 Å². The summed E-state index contributed by atoms with van der Waals surface area (Å²) in [4.78, 5) is 37.9. The van der Waals surface area contributed by atoms with E-state index in [1.165, 1.54) is 24.2 Å². The molecule has 2 heterocycles. The van der Waals surface area contributed by atoms with Crippen molar-refractivity contribution < 1.29 is 37.7 Å². The summed E-state index contributed by atoms with van der Waals surface area (Å²) in [7, 11) is 0.918. The zero-order valence-corrected chi connectivity index (χ0v) is 19.1. The van der Waals surface area contributed by atoms with Gasteiger partial charge in [-0.1, -0.05) is 6.07 Å². The molecule has 1 aliphatic rings. The van der Waals surface area contributed by atoms with Crippen LogP contribution in [0.2, 0.25) is 0 Å². The van der Waals surface area contributed by atoms with Gasteiger partial charge in [0.1, 0.15) is 12.3 Å². The largest absolute Gasteiger partial charge is 0.382 e. The SMILES string of the molecule is CNC(=O)/C=C\N(C=O)C1CCC(COP(O)OCC(COC)OCc2cccnc2)O1. The summed E-state index contributed by atoms with van der Waals surface area (Å²) < 4.78 is 27.4. The van der Waals surface area contributed by atoms with Crippen LogP contribution in [0.4, 0.5) is 0 Å². The molecule has 1 aromatic heterocycles. The standard InChI is InChI=1S/C20H30N3O8P/c1-21-19(25)7-9-23(15-24)20-6-5-17(31-20)13-29-32(26)30-14-18(12-27-2)28-11-16-4-3-8-22-10-16/h3-4,7-10,15,17-18,20,26H,5-6,11-14H2,1-2H3,(H,21,25)/b9-7-. The maximum Gasteiger partial charge on any atom is 0.330 e. The van der Waals surface area contributed by atoms with Gasteiger partial charge in [0.25, 0.3) is 0 Å². The summed E-state index contributed by atoms with van der Waals surface area (Å²) in [6.45, 7) is 0.833. The van der Waals surface area contributed by atoms with Crippen molar-refractivity contribution in [3.8, 4) is 0 Å². The molecule has 0 saturated carbocycles.